The van der Waals surface area contributed by atoms with E-state index in [4.69, 9.17) is 12.2 Å². The van der Waals surface area contributed by atoms with Crippen LogP contribution in [0.2, 0.25) is 0 Å². The van der Waals surface area contributed by atoms with Gasteiger partial charge < -0.3 is 10.6 Å². The van der Waals surface area contributed by atoms with Crippen LogP contribution in [-0.2, 0) is 0 Å². The van der Waals surface area contributed by atoms with Crippen LogP contribution in [0.5, 0.6) is 0 Å². The summed E-state index contributed by atoms with van der Waals surface area (Å²) in [5.41, 5.74) is 3.36. The summed E-state index contributed by atoms with van der Waals surface area (Å²) in [7, 11) is 0. The molecule has 2 N–H and O–H groups in total. The molecule has 0 saturated carbocycles. The summed E-state index contributed by atoms with van der Waals surface area (Å²) < 4.78 is 1.21. The quantitative estimate of drug-likeness (QED) is 0.506. The van der Waals surface area contributed by atoms with Gasteiger partial charge in [-0.1, -0.05) is 26.0 Å². The lowest BCUT2D eigenvalue weighted by atomic mass is 9.99. The van der Waals surface area contributed by atoms with Gasteiger partial charge in [0.15, 0.2) is 5.11 Å². The smallest absolute Gasteiger partial charge is 0.175 e. The average molecular weight is 410 g/mol. The molecule has 0 spiro atoms. The number of nitrogens with one attached hydrogen (secondary N) is 2. The minimum Gasteiger partial charge on any atom is -0.332 e. The number of anilines is 2. The van der Waals surface area contributed by atoms with E-state index >= 15 is 0 Å². The second-order valence-electron chi connectivity index (χ2n) is 5.02. The first-order valence-electron chi connectivity index (χ1n) is 7.02. The summed E-state index contributed by atoms with van der Waals surface area (Å²) in [4.78, 5) is 0. The van der Waals surface area contributed by atoms with Crippen LogP contribution in [0.15, 0.2) is 48.5 Å². The molecular weight excluding hydrogens is 391 g/mol. The highest BCUT2D eigenvalue weighted by molar-refractivity contribution is 14.1. The lowest BCUT2D eigenvalue weighted by Crippen LogP contribution is -2.18. The van der Waals surface area contributed by atoms with Crippen LogP contribution in [0, 0.1) is 3.57 Å². The average Bonchev–Trinajstić information content (AvgIpc) is 2.49. The SMILES string of the molecule is CCC(C)c1ccc(NC(=S)Nc2ccc(I)cc2)cc1. The van der Waals surface area contributed by atoms with E-state index in [-0.39, 0.29) is 0 Å². The van der Waals surface area contributed by atoms with Gasteiger partial charge in [-0.2, -0.15) is 0 Å². The molecule has 0 fully saturated rings. The van der Waals surface area contributed by atoms with E-state index in [0.717, 1.165) is 17.8 Å². The second kappa shape index (κ2) is 7.75. The molecule has 4 heteroatoms. The van der Waals surface area contributed by atoms with E-state index in [0.29, 0.717) is 11.0 Å². The highest BCUT2D eigenvalue weighted by Gasteiger charge is 2.03. The summed E-state index contributed by atoms with van der Waals surface area (Å²) in [5.74, 6) is 0.593. The predicted molar refractivity (Wildman–Crippen MR) is 104 cm³/mol. The minimum atomic E-state index is 0.593. The molecule has 2 aromatic rings. The van der Waals surface area contributed by atoms with Gasteiger partial charge in [0.2, 0.25) is 0 Å². The van der Waals surface area contributed by atoms with Crippen molar-refractivity contribution in [3.63, 3.8) is 0 Å². The van der Waals surface area contributed by atoms with E-state index in [9.17, 15) is 0 Å². The first-order valence-corrected chi connectivity index (χ1v) is 8.50. The number of halogens is 1. The molecule has 2 nitrogen and oxygen atoms in total. The Morgan fingerprint density at radius 1 is 1.00 bits per heavy atom. The molecule has 0 aliphatic carbocycles. The van der Waals surface area contributed by atoms with Gasteiger partial charge in [0.1, 0.15) is 0 Å². The maximum Gasteiger partial charge on any atom is 0.175 e. The fourth-order valence-corrected chi connectivity index (χ4v) is 2.55. The van der Waals surface area contributed by atoms with Gasteiger partial charge in [0.25, 0.3) is 0 Å². The molecule has 0 heterocycles. The third-order valence-electron chi connectivity index (χ3n) is 3.45. The third-order valence-corrected chi connectivity index (χ3v) is 4.38. The van der Waals surface area contributed by atoms with E-state index in [1.165, 1.54) is 9.13 Å². The maximum atomic E-state index is 5.33. The Labute approximate surface area is 145 Å². The van der Waals surface area contributed by atoms with Gasteiger partial charge in [-0.05, 0) is 89.1 Å². The summed E-state index contributed by atoms with van der Waals surface area (Å²) in [5, 5.41) is 6.99. The lowest BCUT2D eigenvalue weighted by Gasteiger charge is -2.13. The van der Waals surface area contributed by atoms with Crippen molar-refractivity contribution in [3.8, 4) is 0 Å². The lowest BCUT2D eigenvalue weighted by molar-refractivity contribution is 0.734. The summed E-state index contributed by atoms with van der Waals surface area (Å²) in [6.45, 7) is 4.45. The van der Waals surface area contributed by atoms with E-state index in [1.807, 2.05) is 24.3 Å². The van der Waals surface area contributed by atoms with Crippen molar-refractivity contribution in [1.82, 2.24) is 0 Å². The summed E-state index contributed by atoms with van der Waals surface area (Å²) >= 11 is 7.62. The Morgan fingerprint density at radius 3 is 1.95 bits per heavy atom. The number of rotatable bonds is 4. The van der Waals surface area contributed by atoms with Gasteiger partial charge in [-0.25, -0.2) is 0 Å². The van der Waals surface area contributed by atoms with Gasteiger partial charge in [-0.3, -0.25) is 0 Å². The zero-order chi connectivity index (χ0) is 15.2. The van der Waals surface area contributed by atoms with Crippen molar-refractivity contribution in [3.05, 3.63) is 57.7 Å². The molecule has 0 aromatic heterocycles. The standard InChI is InChI=1S/C17H19IN2S/c1-3-12(2)13-4-8-15(9-5-13)19-17(21)20-16-10-6-14(18)7-11-16/h4-12H,3H2,1-2H3,(H2,19,20,21). The van der Waals surface area contributed by atoms with Crippen LogP contribution >= 0.6 is 34.8 Å². The molecule has 0 aliphatic rings. The van der Waals surface area contributed by atoms with Crippen LogP contribution in [0.25, 0.3) is 0 Å². The third kappa shape index (κ3) is 4.97. The molecular formula is C17H19IN2S. The van der Waals surface area contributed by atoms with Crippen molar-refractivity contribution in [2.24, 2.45) is 0 Å². The number of hydrogen-bond donors (Lipinski definition) is 2. The molecule has 2 rings (SSSR count). The van der Waals surface area contributed by atoms with Crippen molar-refractivity contribution in [2.75, 3.05) is 10.6 Å². The Kier molecular flexibility index (Phi) is 5.99. The van der Waals surface area contributed by atoms with Crippen LogP contribution in [0.1, 0.15) is 31.7 Å². The summed E-state index contributed by atoms with van der Waals surface area (Å²) in [6.07, 6.45) is 1.15. The van der Waals surface area contributed by atoms with Crippen LogP contribution in [-0.4, -0.2) is 5.11 Å². The summed E-state index contributed by atoms with van der Waals surface area (Å²) in [6, 6.07) is 16.6. The van der Waals surface area contributed by atoms with Gasteiger partial charge in [0.05, 0.1) is 0 Å². The molecule has 21 heavy (non-hydrogen) atoms. The number of thiocarbonyl (C=S) groups is 1. The van der Waals surface area contributed by atoms with Gasteiger partial charge >= 0.3 is 0 Å². The van der Waals surface area contributed by atoms with E-state index in [1.54, 1.807) is 0 Å². The predicted octanol–water partition coefficient (Wildman–Crippen LogP) is 5.61. The molecule has 0 aliphatic heterocycles. The molecule has 0 amide bonds. The molecule has 0 bridgehead atoms. The Hall–Kier alpha value is -1.14. The highest BCUT2D eigenvalue weighted by Crippen LogP contribution is 2.20. The van der Waals surface area contributed by atoms with Gasteiger partial charge in [0, 0.05) is 14.9 Å². The first-order chi connectivity index (χ1) is 10.1. The molecule has 0 saturated heterocycles. The molecule has 0 radical (unpaired) electrons. The topological polar surface area (TPSA) is 24.1 Å². The zero-order valence-electron chi connectivity index (χ0n) is 12.2. The molecule has 110 valence electrons. The fourth-order valence-electron chi connectivity index (χ4n) is 1.96. The van der Waals surface area contributed by atoms with E-state index < -0.39 is 0 Å². The van der Waals surface area contributed by atoms with Crippen LogP contribution in [0.4, 0.5) is 11.4 Å². The molecule has 1 atom stereocenters. The first kappa shape index (κ1) is 16.2. The molecule has 2 aromatic carbocycles. The second-order valence-corrected chi connectivity index (χ2v) is 6.67. The van der Waals surface area contributed by atoms with Crippen molar-refractivity contribution in [2.45, 2.75) is 26.2 Å². The van der Waals surface area contributed by atoms with Crippen molar-refractivity contribution < 1.29 is 0 Å². The van der Waals surface area contributed by atoms with Crippen molar-refractivity contribution in [1.29, 1.82) is 0 Å². The zero-order valence-corrected chi connectivity index (χ0v) is 15.2. The van der Waals surface area contributed by atoms with Gasteiger partial charge in [-0.15, -0.1) is 0 Å². The van der Waals surface area contributed by atoms with Crippen LogP contribution < -0.4 is 10.6 Å². The minimum absolute atomic E-state index is 0.593. The van der Waals surface area contributed by atoms with E-state index in [2.05, 4.69) is 71.3 Å². The molecule has 1 unspecified atom stereocenters. The highest BCUT2D eigenvalue weighted by atomic mass is 127. The largest absolute Gasteiger partial charge is 0.332 e. The Bertz CT molecular complexity index is 593. The fraction of sp³-hybridized carbons (Fsp3) is 0.235. The Morgan fingerprint density at radius 2 is 1.48 bits per heavy atom. The number of hydrogen-bond acceptors (Lipinski definition) is 1. The maximum absolute atomic E-state index is 5.33. The monoisotopic (exact) mass is 410 g/mol. The van der Waals surface area contributed by atoms with Crippen molar-refractivity contribution >= 4 is 51.3 Å². The Balaban J connectivity index is 1.94. The normalized spacial score (nSPS) is 11.8. The number of benzene rings is 2. The van der Waals surface area contributed by atoms with Crippen LogP contribution in [0.3, 0.4) is 0 Å².